The van der Waals surface area contributed by atoms with E-state index in [0.29, 0.717) is 0 Å². The van der Waals surface area contributed by atoms with E-state index in [9.17, 15) is 0 Å². The van der Waals surface area contributed by atoms with Crippen LogP contribution in [0.2, 0.25) is 0 Å². The standard InChI is InChI=1S/4C11H19N2.Ce/c4*1-10(2,3)8-7-9(13-12-8)11(4,5)6;/h4*7H,1-6H3;/q4*-1;+4. The average Bonchev–Trinajstić information content (AvgIpc) is 3.72. The summed E-state index contributed by atoms with van der Waals surface area (Å²) in [6.45, 7) is 51.7. The molecule has 4 aromatic heterocycles. The van der Waals surface area contributed by atoms with Crippen LogP contribution in [0.1, 0.15) is 212 Å². The van der Waals surface area contributed by atoms with Crippen LogP contribution in [0.3, 0.4) is 0 Å². The van der Waals surface area contributed by atoms with E-state index < -0.39 is 0 Å². The van der Waals surface area contributed by atoms with E-state index in [1.54, 1.807) is 0 Å². The Hall–Kier alpha value is -1.78. The number of nitrogens with zero attached hydrogens (tertiary/aromatic N) is 8. The predicted molar refractivity (Wildman–Crippen MR) is 220 cm³/mol. The largest absolute Gasteiger partial charge is 4.00 e. The van der Waals surface area contributed by atoms with Crippen LogP contribution in [-0.2, 0) is 43.3 Å². The van der Waals surface area contributed by atoms with Gasteiger partial charge in [-0.25, -0.2) is 0 Å². The van der Waals surface area contributed by atoms with E-state index in [1.807, 2.05) is 0 Å². The molecule has 0 atom stereocenters. The van der Waals surface area contributed by atoms with Crippen LogP contribution in [-0.4, -0.2) is 20.4 Å². The third kappa shape index (κ3) is 17.3. The molecule has 0 aliphatic rings. The van der Waals surface area contributed by atoms with Gasteiger partial charge >= 0.3 is 41.7 Å². The van der Waals surface area contributed by atoms with E-state index >= 15 is 0 Å². The summed E-state index contributed by atoms with van der Waals surface area (Å²) < 4.78 is 0. The zero-order chi connectivity index (χ0) is 41.1. The second kappa shape index (κ2) is 18.0. The van der Waals surface area contributed by atoms with Gasteiger partial charge in [-0.15, -0.1) is 22.8 Å². The van der Waals surface area contributed by atoms with Gasteiger partial charge in [0.1, 0.15) is 0 Å². The number of aromatic nitrogens is 8. The molecule has 0 aliphatic heterocycles. The van der Waals surface area contributed by atoms with Crippen LogP contribution < -0.4 is 20.4 Å². The third-order valence-electron chi connectivity index (χ3n) is 8.30. The van der Waals surface area contributed by atoms with Gasteiger partial charge in [-0.1, -0.05) is 190 Å². The first-order chi connectivity index (χ1) is 22.8. The minimum absolute atomic E-state index is 0. The third-order valence-corrected chi connectivity index (χ3v) is 8.30. The molecule has 9 heteroatoms. The predicted octanol–water partition coefficient (Wildman–Crippen LogP) is 10.5. The maximum absolute atomic E-state index is 4.20. The molecular weight excluding hydrogens is 781 g/mol. The zero-order valence-electron chi connectivity index (χ0n) is 38.4. The molecule has 0 radical (unpaired) electrons. The summed E-state index contributed by atoms with van der Waals surface area (Å²) >= 11 is 0. The van der Waals surface area contributed by atoms with E-state index in [1.165, 1.54) is 0 Å². The van der Waals surface area contributed by atoms with Crippen LogP contribution in [0.4, 0.5) is 0 Å². The van der Waals surface area contributed by atoms with Crippen LogP contribution in [0.25, 0.3) is 0 Å². The molecule has 0 aromatic carbocycles. The smallest absolute Gasteiger partial charge is 0.578 e. The van der Waals surface area contributed by atoms with E-state index in [0.717, 1.165) is 45.6 Å². The summed E-state index contributed by atoms with van der Waals surface area (Å²) in [6.07, 6.45) is 0. The minimum Gasteiger partial charge on any atom is -0.578 e. The maximum Gasteiger partial charge on any atom is 4.00 e. The molecule has 296 valence electrons. The Bertz CT molecular complexity index is 1280. The molecule has 0 aliphatic carbocycles. The fraction of sp³-hybridized carbons (Fsp3) is 0.727. The molecular formula is C44H76CeN8. The molecule has 0 spiro atoms. The van der Waals surface area contributed by atoms with Crippen molar-refractivity contribution in [1.82, 2.24) is 40.8 Å². The summed E-state index contributed by atoms with van der Waals surface area (Å²) in [6, 6.07) is 8.44. The molecule has 53 heavy (non-hydrogen) atoms. The Balaban J connectivity index is 0.000000676. The van der Waals surface area contributed by atoms with Gasteiger partial charge in [0.05, 0.1) is 0 Å². The summed E-state index contributed by atoms with van der Waals surface area (Å²) in [5.41, 5.74) is 9.51. The summed E-state index contributed by atoms with van der Waals surface area (Å²) in [5, 5.41) is 33.6. The molecule has 0 bridgehead atoms. The van der Waals surface area contributed by atoms with Crippen molar-refractivity contribution in [1.29, 1.82) is 0 Å². The molecule has 0 unspecified atom stereocenters. The van der Waals surface area contributed by atoms with Gasteiger partial charge in [-0.3, -0.25) is 0 Å². The molecule has 0 fully saturated rings. The topological polar surface area (TPSA) is 108 Å². The van der Waals surface area contributed by atoms with Gasteiger partial charge in [0.2, 0.25) is 0 Å². The molecule has 0 saturated carbocycles. The van der Waals surface area contributed by atoms with Crippen molar-refractivity contribution in [2.24, 2.45) is 0 Å². The number of hydrogen-bond acceptors (Lipinski definition) is 4. The first-order valence-electron chi connectivity index (χ1n) is 18.9. The van der Waals surface area contributed by atoms with Gasteiger partial charge in [-0.2, -0.15) is 0 Å². The van der Waals surface area contributed by atoms with Crippen molar-refractivity contribution in [3.63, 3.8) is 0 Å². The number of rotatable bonds is 0. The van der Waals surface area contributed by atoms with E-state index in [2.05, 4.69) is 231 Å². The Morgan fingerprint density at radius 3 is 0.453 bits per heavy atom. The van der Waals surface area contributed by atoms with Crippen molar-refractivity contribution in [2.75, 3.05) is 0 Å². The van der Waals surface area contributed by atoms with Gasteiger partial charge in [0.25, 0.3) is 0 Å². The molecule has 4 heterocycles. The van der Waals surface area contributed by atoms with Crippen LogP contribution in [0.15, 0.2) is 24.3 Å². The summed E-state index contributed by atoms with van der Waals surface area (Å²) in [7, 11) is 0. The van der Waals surface area contributed by atoms with Gasteiger partial charge in [0.15, 0.2) is 0 Å². The van der Waals surface area contributed by atoms with Crippen molar-refractivity contribution >= 4 is 0 Å². The molecule has 8 nitrogen and oxygen atoms in total. The Morgan fingerprint density at radius 2 is 0.396 bits per heavy atom. The molecule has 0 saturated heterocycles. The van der Waals surface area contributed by atoms with Crippen LogP contribution in [0, 0.1) is 41.7 Å². The summed E-state index contributed by atoms with van der Waals surface area (Å²) in [5.74, 6) is 0. The monoisotopic (exact) mass is 857 g/mol. The van der Waals surface area contributed by atoms with Gasteiger partial charge in [-0.05, 0) is 21.7 Å². The first-order valence-corrected chi connectivity index (χ1v) is 18.9. The van der Waals surface area contributed by atoms with Crippen molar-refractivity contribution in [3.8, 4) is 0 Å². The molecule has 4 rings (SSSR count). The van der Waals surface area contributed by atoms with E-state index in [-0.39, 0.29) is 85.1 Å². The second-order valence-electron chi connectivity index (χ2n) is 22.5. The number of hydrogen-bond donors (Lipinski definition) is 0. The fourth-order valence-electron chi connectivity index (χ4n) is 4.11. The van der Waals surface area contributed by atoms with Crippen LogP contribution >= 0.6 is 0 Å². The zero-order valence-corrected chi connectivity index (χ0v) is 41.5. The SMILES string of the molecule is CC(C)(C)c1cc(C(C)(C)C)[n-]n1.CC(C)(C)c1cc(C(C)(C)C)[n-]n1.CC(C)(C)c1cc(C(C)(C)C)[n-]n1.CC(C)(C)c1cc(C(C)(C)C)[n-]n1.[Ce+4]. The average molecular weight is 857 g/mol. The van der Waals surface area contributed by atoms with Gasteiger partial charge < -0.3 is 40.8 Å². The van der Waals surface area contributed by atoms with Crippen LogP contribution in [0.5, 0.6) is 0 Å². The van der Waals surface area contributed by atoms with Gasteiger partial charge in [0, 0.05) is 44.4 Å². The molecule has 0 N–H and O–H groups in total. The quantitative estimate of drug-likeness (QED) is 0.172. The Labute approximate surface area is 359 Å². The second-order valence-corrected chi connectivity index (χ2v) is 22.5. The normalized spacial score (nSPS) is 13.1. The van der Waals surface area contributed by atoms with Crippen molar-refractivity contribution < 1.29 is 41.7 Å². The van der Waals surface area contributed by atoms with E-state index in [4.69, 9.17) is 0 Å². The van der Waals surface area contributed by atoms with Crippen molar-refractivity contribution in [3.05, 3.63) is 69.8 Å². The fourth-order valence-corrected chi connectivity index (χ4v) is 4.11. The molecule has 4 aromatic rings. The minimum atomic E-state index is 0. The summed E-state index contributed by atoms with van der Waals surface area (Å²) in [4.78, 5) is 0. The van der Waals surface area contributed by atoms with Crippen molar-refractivity contribution in [2.45, 2.75) is 209 Å². The Morgan fingerprint density at radius 1 is 0.264 bits per heavy atom. The first kappa shape index (κ1) is 51.2. The Kier molecular flexibility index (Phi) is 17.4. The maximum atomic E-state index is 4.20. The molecule has 0 amide bonds.